The number of hydrogen-bond acceptors (Lipinski definition) is 4. The second-order valence-corrected chi connectivity index (χ2v) is 6.58. The van der Waals surface area contributed by atoms with Crippen LogP contribution in [-0.2, 0) is 11.3 Å². The van der Waals surface area contributed by atoms with Crippen LogP contribution in [0.25, 0.3) is 0 Å². The normalized spacial score (nSPS) is 18.3. The summed E-state index contributed by atoms with van der Waals surface area (Å²) in [6.45, 7) is 3.31. The second-order valence-electron chi connectivity index (χ2n) is 5.71. The summed E-state index contributed by atoms with van der Waals surface area (Å²) in [6.07, 6.45) is 1.79. The molecule has 1 aromatic carbocycles. The maximum Gasteiger partial charge on any atom is 0.241 e. The summed E-state index contributed by atoms with van der Waals surface area (Å²) >= 11 is 11.9. The molecule has 1 amide bonds. The zero-order valence-corrected chi connectivity index (χ0v) is 14.2. The number of carbonyl (C=O) groups is 1. The minimum atomic E-state index is -0.196. The topological polar surface area (TPSA) is 58.4 Å². The third kappa shape index (κ3) is 4.05. The van der Waals surface area contributed by atoms with Crippen molar-refractivity contribution in [3.63, 3.8) is 0 Å². The highest BCUT2D eigenvalue weighted by atomic mass is 35.5. The number of benzene rings is 1. The molecule has 1 unspecified atom stereocenters. The van der Waals surface area contributed by atoms with E-state index in [-0.39, 0.29) is 11.9 Å². The van der Waals surface area contributed by atoms with Crippen LogP contribution in [0, 0.1) is 6.92 Å². The van der Waals surface area contributed by atoms with Gasteiger partial charge in [-0.25, -0.2) is 0 Å². The predicted octanol–water partition coefficient (Wildman–Crippen LogP) is 3.89. The molecule has 5 nitrogen and oxygen atoms in total. The Labute approximate surface area is 144 Å². The van der Waals surface area contributed by atoms with E-state index < -0.39 is 0 Å². The lowest BCUT2D eigenvalue weighted by molar-refractivity contribution is -0.120. The van der Waals surface area contributed by atoms with Crippen molar-refractivity contribution in [3.8, 4) is 0 Å². The Hall–Kier alpha value is -1.56. The van der Waals surface area contributed by atoms with Crippen LogP contribution in [0.1, 0.15) is 24.3 Å². The van der Waals surface area contributed by atoms with Crippen LogP contribution in [-0.4, -0.2) is 28.6 Å². The van der Waals surface area contributed by atoms with Crippen molar-refractivity contribution in [2.24, 2.45) is 0 Å². The van der Waals surface area contributed by atoms with Crippen LogP contribution in [0.5, 0.6) is 0 Å². The number of amides is 1. The lowest BCUT2D eigenvalue weighted by atomic mass is 10.2. The van der Waals surface area contributed by atoms with Crippen molar-refractivity contribution in [1.29, 1.82) is 0 Å². The first kappa shape index (κ1) is 16.3. The molecule has 1 saturated heterocycles. The highest BCUT2D eigenvalue weighted by Gasteiger charge is 2.31. The largest absolute Gasteiger partial charge is 0.360 e. The number of aromatic nitrogens is 1. The van der Waals surface area contributed by atoms with Crippen molar-refractivity contribution < 1.29 is 9.32 Å². The lowest BCUT2D eigenvalue weighted by Gasteiger charge is -2.22. The first-order chi connectivity index (χ1) is 11.0. The Kier molecular flexibility index (Phi) is 4.90. The molecule has 7 heteroatoms. The van der Waals surface area contributed by atoms with Crippen LogP contribution < -0.4 is 5.32 Å². The molecule has 0 spiro atoms. The first-order valence-electron chi connectivity index (χ1n) is 7.44. The summed E-state index contributed by atoms with van der Waals surface area (Å²) in [6, 6.07) is 6.70. The SMILES string of the molecule is Cc1cc(CN2CCCC2C(=O)Nc2cc(Cl)cc(Cl)c2)on1. The number of nitrogens with one attached hydrogen (secondary N) is 1. The van der Waals surface area contributed by atoms with Gasteiger partial charge in [-0.1, -0.05) is 28.4 Å². The fraction of sp³-hybridized carbons (Fsp3) is 0.375. The van der Waals surface area contributed by atoms with Crippen molar-refractivity contribution in [3.05, 3.63) is 45.8 Å². The summed E-state index contributed by atoms with van der Waals surface area (Å²) in [7, 11) is 0. The number of carbonyl (C=O) groups excluding carboxylic acids is 1. The number of hydrogen-bond donors (Lipinski definition) is 1. The van der Waals surface area contributed by atoms with Crippen molar-refractivity contribution in [2.45, 2.75) is 32.4 Å². The molecule has 1 aliphatic heterocycles. The van der Waals surface area contributed by atoms with Gasteiger partial charge in [-0.15, -0.1) is 0 Å². The van der Waals surface area contributed by atoms with E-state index in [0.717, 1.165) is 30.8 Å². The summed E-state index contributed by atoms with van der Waals surface area (Å²) in [4.78, 5) is 14.7. The van der Waals surface area contributed by atoms with Crippen LogP contribution in [0.3, 0.4) is 0 Å². The monoisotopic (exact) mass is 353 g/mol. The smallest absolute Gasteiger partial charge is 0.241 e. The molecule has 2 aromatic rings. The lowest BCUT2D eigenvalue weighted by Crippen LogP contribution is -2.39. The number of anilines is 1. The molecule has 0 aliphatic carbocycles. The maximum atomic E-state index is 12.6. The van der Waals surface area contributed by atoms with Gasteiger partial charge in [0.2, 0.25) is 5.91 Å². The summed E-state index contributed by atoms with van der Waals surface area (Å²) in [5.74, 6) is 0.713. The third-order valence-corrected chi connectivity index (χ3v) is 4.27. The van der Waals surface area contributed by atoms with Gasteiger partial charge in [-0.05, 0) is 44.5 Å². The number of halogens is 2. The highest BCUT2D eigenvalue weighted by molar-refractivity contribution is 6.35. The van der Waals surface area contributed by atoms with Gasteiger partial charge >= 0.3 is 0 Å². The van der Waals surface area contributed by atoms with E-state index in [9.17, 15) is 4.79 Å². The molecular weight excluding hydrogens is 337 g/mol. The first-order valence-corrected chi connectivity index (χ1v) is 8.20. The number of likely N-dealkylation sites (tertiary alicyclic amines) is 1. The Morgan fingerprint density at radius 3 is 2.74 bits per heavy atom. The van der Waals surface area contributed by atoms with Gasteiger partial charge in [-0.3, -0.25) is 9.69 Å². The Morgan fingerprint density at radius 1 is 1.35 bits per heavy atom. The molecule has 1 fully saturated rings. The summed E-state index contributed by atoms with van der Waals surface area (Å²) < 4.78 is 5.25. The van der Waals surface area contributed by atoms with E-state index in [0.29, 0.717) is 22.3 Å². The molecule has 0 bridgehead atoms. The molecule has 0 radical (unpaired) electrons. The molecule has 23 heavy (non-hydrogen) atoms. The number of rotatable bonds is 4. The fourth-order valence-electron chi connectivity index (χ4n) is 2.85. The average molecular weight is 354 g/mol. The molecule has 1 aromatic heterocycles. The minimum absolute atomic E-state index is 0.0583. The van der Waals surface area contributed by atoms with Crippen LogP contribution in [0.15, 0.2) is 28.8 Å². The van der Waals surface area contributed by atoms with Crippen molar-refractivity contribution in [1.82, 2.24) is 10.1 Å². The van der Waals surface area contributed by atoms with Crippen LogP contribution >= 0.6 is 23.2 Å². The second kappa shape index (κ2) is 6.91. The zero-order valence-electron chi connectivity index (χ0n) is 12.7. The van der Waals surface area contributed by atoms with Gasteiger partial charge in [0.15, 0.2) is 5.76 Å². The van der Waals surface area contributed by atoms with Gasteiger partial charge in [0, 0.05) is 21.8 Å². The van der Waals surface area contributed by atoms with Gasteiger partial charge in [0.1, 0.15) is 0 Å². The van der Waals surface area contributed by atoms with Crippen LogP contribution in [0.2, 0.25) is 10.0 Å². The number of nitrogens with zero attached hydrogens (tertiary/aromatic N) is 2. The third-order valence-electron chi connectivity index (χ3n) is 3.83. The molecule has 2 heterocycles. The van der Waals surface area contributed by atoms with Gasteiger partial charge < -0.3 is 9.84 Å². The minimum Gasteiger partial charge on any atom is -0.360 e. The standard InChI is InChI=1S/C16H17Cl2N3O2/c1-10-5-14(23-20-10)9-21-4-2-3-15(21)16(22)19-13-7-11(17)6-12(18)8-13/h5-8,15H,2-4,9H2,1H3,(H,19,22). The fourth-order valence-corrected chi connectivity index (χ4v) is 3.38. The molecule has 1 N–H and O–H groups in total. The summed E-state index contributed by atoms with van der Waals surface area (Å²) in [5, 5.41) is 7.76. The Bertz CT molecular complexity index is 697. The van der Waals surface area contributed by atoms with E-state index in [1.807, 2.05) is 13.0 Å². The quantitative estimate of drug-likeness (QED) is 0.905. The molecular formula is C16H17Cl2N3O2. The van der Waals surface area contributed by atoms with E-state index in [1.54, 1.807) is 18.2 Å². The van der Waals surface area contributed by atoms with Gasteiger partial charge in [0.25, 0.3) is 0 Å². The van der Waals surface area contributed by atoms with Crippen molar-refractivity contribution in [2.75, 3.05) is 11.9 Å². The Morgan fingerprint density at radius 2 is 2.09 bits per heavy atom. The highest BCUT2D eigenvalue weighted by Crippen LogP contribution is 2.25. The number of aryl methyl sites for hydroxylation is 1. The van der Waals surface area contributed by atoms with Gasteiger partial charge in [-0.2, -0.15) is 0 Å². The van der Waals surface area contributed by atoms with Gasteiger partial charge in [0.05, 0.1) is 18.3 Å². The average Bonchev–Trinajstić information content (AvgIpc) is 3.07. The van der Waals surface area contributed by atoms with E-state index in [4.69, 9.17) is 27.7 Å². The zero-order chi connectivity index (χ0) is 16.4. The predicted molar refractivity (Wildman–Crippen MR) is 89.8 cm³/mol. The molecule has 0 saturated carbocycles. The molecule has 1 atom stereocenters. The summed E-state index contributed by atoms with van der Waals surface area (Å²) in [5.41, 5.74) is 1.45. The molecule has 1 aliphatic rings. The molecule has 122 valence electrons. The van der Waals surface area contributed by atoms with E-state index >= 15 is 0 Å². The van der Waals surface area contributed by atoms with E-state index in [2.05, 4.69) is 15.4 Å². The Balaban J connectivity index is 1.67. The van der Waals surface area contributed by atoms with Crippen LogP contribution in [0.4, 0.5) is 5.69 Å². The van der Waals surface area contributed by atoms with E-state index in [1.165, 1.54) is 0 Å². The maximum absolute atomic E-state index is 12.6. The molecule has 3 rings (SSSR count). The van der Waals surface area contributed by atoms with Crippen molar-refractivity contribution >= 4 is 34.8 Å².